The van der Waals surface area contributed by atoms with E-state index in [9.17, 15) is 9.18 Å². The zero-order chi connectivity index (χ0) is 20.9. The Morgan fingerprint density at radius 3 is 2.59 bits per heavy atom. The van der Waals surface area contributed by atoms with Crippen molar-refractivity contribution in [1.82, 2.24) is 10.2 Å². The van der Waals surface area contributed by atoms with Gasteiger partial charge in [-0.2, -0.15) is 0 Å². The predicted octanol–water partition coefficient (Wildman–Crippen LogP) is 3.08. The molecule has 3 atom stereocenters. The van der Waals surface area contributed by atoms with Gasteiger partial charge in [0, 0.05) is 25.3 Å². The molecule has 6 nitrogen and oxygen atoms in total. The number of fused-ring (bicyclic) bond motifs is 4. The molecule has 8 heteroatoms. The third kappa shape index (κ3) is 2.98. The molecule has 2 aliphatic rings. The standard InChI is InChI=1S/C21H22FN3O3S/c1-21-17(19(26)24(2)3)18(15-11-14(27-4)9-10-16(15)28-21)23-20(29)25(21)13-7-5-12(22)6-8-13/h5-11,17-18H,1-4H3,(H,23,29)/t17-,18+,21-/m0/s1. The van der Waals surface area contributed by atoms with Crippen LogP contribution < -0.4 is 19.7 Å². The van der Waals surface area contributed by atoms with Crippen LogP contribution in [0.25, 0.3) is 0 Å². The van der Waals surface area contributed by atoms with Gasteiger partial charge in [0.05, 0.1) is 13.2 Å². The fraction of sp³-hybridized carbons (Fsp3) is 0.333. The number of carbonyl (C=O) groups excluding carboxylic acids is 1. The van der Waals surface area contributed by atoms with Crippen LogP contribution in [0.15, 0.2) is 42.5 Å². The number of amides is 1. The minimum atomic E-state index is -1.10. The minimum absolute atomic E-state index is 0.104. The summed E-state index contributed by atoms with van der Waals surface area (Å²) in [5.74, 6) is 0.251. The number of nitrogens with one attached hydrogen (secondary N) is 1. The van der Waals surface area contributed by atoms with Crippen molar-refractivity contribution in [1.29, 1.82) is 0 Å². The zero-order valence-electron chi connectivity index (χ0n) is 16.6. The lowest BCUT2D eigenvalue weighted by Gasteiger charge is -2.56. The van der Waals surface area contributed by atoms with Gasteiger partial charge < -0.3 is 19.7 Å². The van der Waals surface area contributed by atoms with Gasteiger partial charge in [0.2, 0.25) is 5.91 Å². The number of anilines is 1. The molecule has 0 saturated carbocycles. The highest BCUT2D eigenvalue weighted by Gasteiger charge is 2.59. The Morgan fingerprint density at radius 1 is 1.28 bits per heavy atom. The predicted molar refractivity (Wildman–Crippen MR) is 112 cm³/mol. The molecule has 29 heavy (non-hydrogen) atoms. The van der Waals surface area contributed by atoms with Crippen molar-refractivity contribution in [2.75, 3.05) is 26.1 Å². The monoisotopic (exact) mass is 415 g/mol. The summed E-state index contributed by atoms with van der Waals surface area (Å²) in [5, 5.41) is 3.71. The van der Waals surface area contributed by atoms with Crippen LogP contribution in [0.1, 0.15) is 18.5 Å². The topological polar surface area (TPSA) is 54.0 Å². The fourth-order valence-electron chi connectivity index (χ4n) is 4.12. The second-order valence-corrected chi connectivity index (χ2v) is 7.90. The molecule has 2 bridgehead atoms. The van der Waals surface area contributed by atoms with E-state index in [2.05, 4.69) is 5.32 Å². The summed E-state index contributed by atoms with van der Waals surface area (Å²) in [5.41, 5.74) is 0.342. The van der Waals surface area contributed by atoms with Gasteiger partial charge in [-0.1, -0.05) is 0 Å². The van der Waals surface area contributed by atoms with Crippen molar-refractivity contribution >= 4 is 28.9 Å². The molecular weight excluding hydrogens is 393 g/mol. The lowest BCUT2D eigenvalue weighted by Crippen LogP contribution is -2.72. The van der Waals surface area contributed by atoms with Crippen LogP contribution in [-0.4, -0.2) is 42.8 Å². The maximum Gasteiger partial charge on any atom is 0.233 e. The number of ether oxygens (including phenoxy) is 2. The number of methoxy groups -OCH3 is 1. The molecule has 0 aromatic heterocycles. The number of thiocarbonyl (C=S) groups is 1. The summed E-state index contributed by atoms with van der Waals surface area (Å²) >= 11 is 5.65. The molecule has 0 spiro atoms. The van der Waals surface area contributed by atoms with E-state index in [-0.39, 0.29) is 11.7 Å². The van der Waals surface area contributed by atoms with Gasteiger partial charge in [0.15, 0.2) is 10.8 Å². The van der Waals surface area contributed by atoms with E-state index in [1.807, 2.05) is 25.1 Å². The Balaban J connectivity index is 1.90. The number of nitrogens with zero attached hydrogens (tertiary/aromatic N) is 2. The lowest BCUT2D eigenvalue weighted by molar-refractivity contribution is -0.144. The van der Waals surface area contributed by atoms with E-state index in [0.29, 0.717) is 22.3 Å². The summed E-state index contributed by atoms with van der Waals surface area (Å²) in [7, 11) is 5.01. The molecule has 2 aromatic rings. The van der Waals surface area contributed by atoms with Gasteiger partial charge in [0.1, 0.15) is 23.2 Å². The third-order valence-corrected chi connectivity index (χ3v) is 5.80. The molecule has 0 radical (unpaired) electrons. The summed E-state index contributed by atoms with van der Waals surface area (Å²) in [4.78, 5) is 16.6. The Kier molecular flexibility index (Phi) is 4.61. The van der Waals surface area contributed by atoms with Crippen molar-refractivity contribution in [3.05, 3.63) is 53.8 Å². The molecule has 2 aromatic carbocycles. The number of halogens is 1. The molecule has 4 rings (SSSR count). The zero-order valence-corrected chi connectivity index (χ0v) is 17.4. The molecule has 0 unspecified atom stereocenters. The van der Waals surface area contributed by atoms with Crippen LogP contribution in [0.4, 0.5) is 10.1 Å². The molecule has 0 aliphatic carbocycles. The largest absolute Gasteiger partial charge is 0.497 e. The second-order valence-electron chi connectivity index (χ2n) is 7.51. The number of rotatable bonds is 3. The maximum absolute atomic E-state index is 13.5. The van der Waals surface area contributed by atoms with Crippen LogP contribution >= 0.6 is 12.2 Å². The van der Waals surface area contributed by atoms with Crippen molar-refractivity contribution < 1.29 is 18.7 Å². The third-order valence-electron chi connectivity index (χ3n) is 5.50. The summed E-state index contributed by atoms with van der Waals surface area (Å²) < 4.78 is 25.3. The Morgan fingerprint density at radius 2 is 1.97 bits per heavy atom. The molecule has 152 valence electrons. The molecule has 1 N–H and O–H groups in total. The summed E-state index contributed by atoms with van der Waals surface area (Å²) in [6, 6.07) is 11.1. The van der Waals surface area contributed by atoms with Gasteiger partial charge >= 0.3 is 0 Å². The van der Waals surface area contributed by atoms with Gasteiger partial charge in [-0.15, -0.1) is 0 Å². The van der Waals surface area contributed by atoms with Crippen LogP contribution in [0, 0.1) is 11.7 Å². The molecule has 1 saturated heterocycles. The molecule has 2 heterocycles. The van der Waals surface area contributed by atoms with E-state index in [1.165, 1.54) is 12.1 Å². The van der Waals surface area contributed by atoms with E-state index in [4.69, 9.17) is 21.7 Å². The van der Waals surface area contributed by atoms with E-state index in [1.54, 1.807) is 43.1 Å². The first-order valence-electron chi connectivity index (χ1n) is 9.20. The quantitative estimate of drug-likeness (QED) is 0.778. The van der Waals surface area contributed by atoms with Crippen molar-refractivity contribution in [3.63, 3.8) is 0 Å². The normalized spacial score (nSPS) is 24.9. The lowest BCUT2D eigenvalue weighted by atomic mass is 9.78. The van der Waals surface area contributed by atoms with Crippen molar-refractivity contribution in [2.45, 2.75) is 18.7 Å². The highest BCUT2D eigenvalue weighted by Crippen LogP contribution is 2.50. The summed E-state index contributed by atoms with van der Waals surface area (Å²) in [6.45, 7) is 1.84. The van der Waals surface area contributed by atoms with Gasteiger partial charge in [0.25, 0.3) is 0 Å². The fourth-order valence-corrected chi connectivity index (χ4v) is 4.54. The molecule has 1 fully saturated rings. The van der Waals surface area contributed by atoms with Gasteiger partial charge in [-0.05, 0) is 61.6 Å². The number of carbonyl (C=O) groups is 1. The average molecular weight is 415 g/mol. The highest BCUT2D eigenvalue weighted by molar-refractivity contribution is 7.80. The van der Waals surface area contributed by atoms with Gasteiger partial charge in [-0.3, -0.25) is 9.69 Å². The van der Waals surface area contributed by atoms with Crippen LogP contribution in [-0.2, 0) is 4.79 Å². The Hall–Kier alpha value is -2.87. The first-order valence-corrected chi connectivity index (χ1v) is 9.61. The van der Waals surface area contributed by atoms with Gasteiger partial charge in [-0.25, -0.2) is 4.39 Å². The number of benzene rings is 2. The smallest absolute Gasteiger partial charge is 0.233 e. The number of hydrogen-bond donors (Lipinski definition) is 1. The maximum atomic E-state index is 13.5. The van der Waals surface area contributed by atoms with Crippen LogP contribution in [0.5, 0.6) is 11.5 Å². The Bertz CT molecular complexity index is 982. The second kappa shape index (κ2) is 6.88. The molecule has 1 amide bonds. The average Bonchev–Trinajstić information content (AvgIpc) is 2.68. The Labute approximate surface area is 174 Å². The first kappa shape index (κ1) is 19.4. The van der Waals surface area contributed by atoms with Crippen molar-refractivity contribution in [2.24, 2.45) is 5.92 Å². The van der Waals surface area contributed by atoms with Crippen molar-refractivity contribution in [3.8, 4) is 11.5 Å². The van der Waals surface area contributed by atoms with Crippen LogP contribution in [0.2, 0.25) is 0 Å². The first-order chi connectivity index (χ1) is 13.8. The number of hydrogen-bond acceptors (Lipinski definition) is 4. The molecule has 2 aliphatic heterocycles. The summed E-state index contributed by atoms with van der Waals surface area (Å²) in [6.07, 6.45) is 0. The SMILES string of the molecule is COc1ccc2c(c1)[C@H]1NC(=S)N(c3ccc(F)cc3)[C@@](C)(O2)[C@@H]1C(=O)N(C)C. The van der Waals surface area contributed by atoms with E-state index in [0.717, 1.165) is 5.56 Å². The van der Waals surface area contributed by atoms with E-state index >= 15 is 0 Å². The van der Waals surface area contributed by atoms with Crippen LogP contribution in [0.3, 0.4) is 0 Å². The van der Waals surface area contributed by atoms with E-state index < -0.39 is 17.7 Å². The highest BCUT2D eigenvalue weighted by atomic mass is 32.1. The minimum Gasteiger partial charge on any atom is -0.497 e. The molecular formula is C21H22FN3O3S.